The molecule has 0 heterocycles. The lowest BCUT2D eigenvalue weighted by molar-refractivity contribution is 0.0952. The summed E-state index contributed by atoms with van der Waals surface area (Å²) in [4.78, 5) is 11.9. The van der Waals surface area contributed by atoms with Crippen molar-refractivity contribution in [3.63, 3.8) is 0 Å². The van der Waals surface area contributed by atoms with E-state index < -0.39 is 5.91 Å². The van der Waals surface area contributed by atoms with Crippen LogP contribution in [0.5, 0.6) is 5.75 Å². The molecule has 0 unspecified atom stereocenters. The van der Waals surface area contributed by atoms with Gasteiger partial charge in [-0.1, -0.05) is 46.3 Å². The van der Waals surface area contributed by atoms with Crippen molar-refractivity contribution in [3.05, 3.63) is 68.6 Å². The molecule has 2 aromatic carbocycles. The van der Waals surface area contributed by atoms with E-state index in [1.54, 1.807) is 6.07 Å². The number of aromatic hydroxyl groups is 1. The highest BCUT2D eigenvalue weighted by Crippen LogP contribution is 2.21. The number of phenolic OH excluding ortho intramolecular Hbond substituents is 1. The summed E-state index contributed by atoms with van der Waals surface area (Å²) in [6.45, 7) is 0. The van der Waals surface area contributed by atoms with E-state index in [2.05, 4.69) is 42.4 Å². The van der Waals surface area contributed by atoms with Crippen LogP contribution >= 0.6 is 31.9 Å². The highest BCUT2D eigenvalue weighted by Gasteiger charge is 2.10. The fraction of sp³-hybridized carbons (Fsp3) is 0. The summed E-state index contributed by atoms with van der Waals surface area (Å²) in [6.07, 6.45) is 3.34. The maximum absolute atomic E-state index is 11.9. The highest BCUT2D eigenvalue weighted by atomic mass is 79.9. The van der Waals surface area contributed by atoms with Gasteiger partial charge in [0.1, 0.15) is 5.75 Å². The van der Waals surface area contributed by atoms with Crippen LogP contribution in [0.3, 0.4) is 0 Å². The number of halogens is 2. The summed E-state index contributed by atoms with van der Waals surface area (Å²) in [5, 5.41) is 13.5. The molecule has 1 amide bonds. The summed E-state index contributed by atoms with van der Waals surface area (Å²) in [5.74, 6) is -0.593. The van der Waals surface area contributed by atoms with Crippen molar-refractivity contribution in [3.8, 4) is 5.75 Å². The summed E-state index contributed by atoms with van der Waals surface area (Å²) >= 11 is 6.60. The van der Waals surface area contributed by atoms with Crippen molar-refractivity contribution < 1.29 is 9.90 Å². The maximum atomic E-state index is 11.9. The Hall–Kier alpha value is -1.92. The Kier molecular flexibility index (Phi) is 5.91. The normalized spacial score (nSPS) is 11.6. The van der Waals surface area contributed by atoms with Gasteiger partial charge in [-0.15, -0.1) is 0 Å². The number of carbonyl (C=O) groups is 1. The van der Waals surface area contributed by atoms with Crippen LogP contribution in [-0.2, 0) is 0 Å². The van der Waals surface area contributed by atoms with Crippen LogP contribution in [0.4, 0.5) is 0 Å². The zero-order valence-electron chi connectivity index (χ0n) is 11.3. The van der Waals surface area contributed by atoms with E-state index in [1.807, 2.05) is 36.4 Å². The van der Waals surface area contributed by atoms with Crippen LogP contribution in [0.25, 0.3) is 6.08 Å². The number of phenols is 1. The number of benzene rings is 2. The van der Waals surface area contributed by atoms with Crippen molar-refractivity contribution in [1.82, 2.24) is 5.43 Å². The second-order valence-electron chi connectivity index (χ2n) is 4.30. The number of hydrazone groups is 1. The minimum Gasteiger partial charge on any atom is -0.507 e. The van der Waals surface area contributed by atoms with E-state index in [4.69, 9.17) is 0 Å². The molecule has 0 saturated carbocycles. The largest absolute Gasteiger partial charge is 0.507 e. The van der Waals surface area contributed by atoms with E-state index in [9.17, 15) is 9.90 Å². The van der Waals surface area contributed by atoms with Gasteiger partial charge < -0.3 is 5.11 Å². The Bertz CT molecular complexity index is 728. The first kappa shape index (κ1) is 16.5. The third kappa shape index (κ3) is 4.82. The fourth-order valence-electron chi connectivity index (χ4n) is 1.65. The molecule has 0 bridgehead atoms. The lowest BCUT2D eigenvalue weighted by atomic mass is 10.2. The zero-order chi connectivity index (χ0) is 15.9. The van der Waals surface area contributed by atoms with Crippen LogP contribution in [0.15, 0.2) is 62.6 Å². The van der Waals surface area contributed by atoms with Gasteiger partial charge in [0.2, 0.25) is 0 Å². The predicted molar refractivity (Wildman–Crippen MR) is 95.1 cm³/mol. The van der Waals surface area contributed by atoms with Gasteiger partial charge in [-0.05, 0) is 45.8 Å². The van der Waals surface area contributed by atoms with Gasteiger partial charge >= 0.3 is 0 Å². The fourth-order valence-corrected chi connectivity index (χ4v) is 2.38. The molecule has 0 radical (unpaired) electrons. The quantitative estimate of drug-likeness (QED) is 0.568. The number of nitrogens with one attached hydrogen (secondary N) is 1. The minimum atomic E-state index is -0.491. The molecule has 0 aliphatic rings. The van der Waals surface area contributed by atoms with Gasteiger partial charge in [-0.25, -0.2) is 5.43 Å². The molecule has 0 spiro atoms. The first-order valence-electron chi connectivity index (χ1n) is 6.30. The molecule has 0 aliphatic carbocycles. The highest BCUT2D eigenvalue weighted by molar-refractivity contribution is 9.12. The Morgan fingerprint density at radius 1 is 1.18 bits per heavy atom. The smallest absolute Gasteiger partial charge is 0.275 e. The summed E-state index contributed by atoms with van der Waals surface area (Å²) < 4.78 is 1.40. The Labute approximate surface area is 144 Å². The second-order valence-corrected chi connectivity index (χ2v) is 6.13. The average molecular weight is 424 g/mol. The zero-order valence-corrected chi connectivity index (χ0v) is 14.5. The molecule has 4 nitrogen and oxygen atoms in total. The van der Waals surface area contributed by atoms with Gasteiger partial charge in [0.15, 0.2) is 0 Å². The van der Waals surface area contributed by atoms with Gasteiger partial charge in [-0.3, -0.25) is 4.79 Å². The van der Waals surface area contributed by atoms with Gasteiger partial charge in [-0.2, -0.15) is 5.10 Å². The lowest BCUT2D eigenvalue weighted by Gasteiger charge is -2.03. The first-order chi connectivity index (χ1) is 10.6. The summed E-state index contributed by atoms with van der Waals surface area (Å²) in [6, 6.07) is 14.3. The molecular weight excluding hydrogens is 412 g/mol. The van der Waals surface area contributed by atoms with Crippen molar-refractivity contribution in [2.45, 2.75) is 0 Å². The molecule has 2 N–H and O–H groups in total. The molecule has 0 fully saturated rings. The Morgan fingerprint density at radius 2 is 1.91 bits per heavy atom. The molecular formula is C16H12Br2N2O2. The molecule has 6 heteroatoms. The van der Waals surface area contributed by atoms with Crippen LogP contribution in [0, 0.1) is 0 Å². The Balaban J connectivity index is 2.01. The predicted octanol–water partition coefficient (Wildman–Crippen LogP) is 4.31. The molecule has 112 valence electrons. The maximum Gasteiger partial charge on any atom is 0.275 e. The van der Waals surface area contributed by atoms with Gasteiger partial charge in [0.05, 0.1) is 11.8 Å². The third-order valence-corrected chi connectivity index (χ3v) is 3.59. The van der Waals surface area contributed by atoms with E-state index >= 15 is 0 Å². The average Bonchev–Trinajstić information content (AvgIpc) is 2.50. The molecule has 2 rings (SSSR count). The van der Waals surface area contributed by atoms with E-state index in [0.29, 0.717) is 8.96 Å². The Morgan fingerprint density at radius 3 is 2.64 bits per heavy atom. The number of nitrogens with zero attached hydrogens (tertiary/aromatic N) is 1. The SMILES string of the molecule is O=C(N/N=C/C(Br)=C/c1ccccc1)c1cc(Br)ccc1O. The molecule has 0 atom stereocenters. The summed E-state index contributed by atoms with van der Waals surface area (Å²) in [7, 11) is 0. The third-order valence-electron chi connectivity index (χ3n) is 2.66. The monoisotopic (exact) mass is 422 g/mol. The molecule has 0 aliphatic heterocycles. The lowest BCUT2D eigenvalue weighted by Crippen LogP contribution is -2.17. The topological polar surface area (TPSA) is 61.7 Å². The van der Waals surface area contributed by atoms with Crippen molar-refractivity contribution in [1.29, 1.82) is 0 Å². The standard InChI is InChI=1S/C16H12Br2N2O2/c17-12-6-7-15(21)14(9-12)16(22)20-19-10-13(18)8-11-4-2-1-3-5-11/h1-10,21H,(H,20,22)/b13-8-,19-10+. The van der Waals surface area contributed by atoms with Crippen molar-refractivity contribution in [2.24, 2.45) is 5.10 Å². The van der Waals surface area contributed by atoms with Crippen LogP contribution in [0.2, 0.25) is 0 Å². The molecule has 22 heavy (non-hydrogen) atoms. The van der Waals surface area contributed by atoms with E-state index in [1.165, 1.54) is 18.3 Å². The number of allylic oxidation sites excluding steroid dienone is 1. The minimum absolute atomic E-state index is 0.102. The summed E-state index contributed by atoms with van der Waals surface area (Å²) in [5.41, 5.74) is 3.52. The number of carbonyl (C=O) groups excluding carboxylic acids is 1. The van der Waals surface area contributed by atoms with Crippen molar-refractivity contribution >= 4 is 50.1 Å². The van der Waals surface area contributed by atoms with Crippen LogP contribution in [0.1, 0.15) is 15.9 Å². The van der Waals surface area contributed by atoms with Gasteiger partial charge in [0.25, 0.3) is 5.91 Å². The number of amides is 1. The van der Waals surface area contributed by atoms with Crippen molar-refractivity contribution in [2.75, 3.05) is 0 Å². The van der Waals surface area contributed by atoms with Crippen LogP contribution < -0.4 is 5.43 Å². The second kappa shape index (κ2) is 7.91. The van der Waals surface area contributed by atoms with E-state index in [-0.39, 0.29) is 11.3 Å². The molecule has 0 saturated heterocycles. The number of hydrogen-bond acceptors (Lipinski definition) is 3. The number of hydrogen-bond donors (Lipinski definition) is 2. The van der Waals surface area contributed by atoms with Gasteiger partial charge in [0, 0.05) is 8.96 Å². The molecule has 0 aromatic heterocycles. The van der Waals surface area contributed by atoms with Crippen LogP contribution in [-0.4, -0.2) is 17.2 Å². The first-order valence-corrected chi connectivity index (χ1v) is 7.89. The van der Waals surface area contributed by atoms with E-state index in [0.717, 1.165) is 5.56 Å². The number of rotatable bonds is 4. The molecule has 2 aromatic rings.